The van der Waals surface area contributed by atoms with Crippen molar-refractivity contribution in [3.8, 4) is 0 Å². The van der Waals surface area contributed by atoms with E-state index in [1.54, 1.807) is 6.20 Å². The van der Waals surface area contributed by atoms with Crippen molar-refractivity contribution in [3.05, 3.63) is 18.2 Å². The Hall–Kier alpha value is -1.36. The van der Waals surface area contributed by atoms with Crippen LogP contribution in [0.1, 0.15) is 38.9 Å². The van der Waals surface area contributed by atoms with Crippen LogP contribution in [0.4, 0.5) is 0 Å². The molecule has 1 amide bonds. The highest BCUT2D eigenvalue weighted by molar-refractivity contribution is 5.85. The molecule has 1 heterocycles. The van der Waals surface area contributed by atoms with Crippen molar-refractivity contribution in [3.63, 3.8) is 0 Å². The van der Waals surface area contributed by atoms with Gasteiger partial charge in [0.05, 0.1) is 6.54 Å². The quantitative estimate of drug-likeness (QED) is 0.738. The van der Waals surface area contributed by atoms with E-state index >= 15 is 0 Å². The van der Waals surface area contributed by atoms with Crippen LogP contribution >= 0.6 is 0 Å². The fraction of sp³-hybridized carbons (Fsp3) is 0.714. The molecule has 1 aliphatic carbocycles. The van der Waals surface area contributed by atoms with Crippen molar-refractivity contribution >= 4 is 5.91 Å². The molecule has 0 aliphatic heterocycles. The SMILES string of the molecule is CCCNC(Cn1ccnc1CC)(C(N)=O)C1CC1. The number of aromatic nitrogens is 2. The Balaban J connectivity index is 2.23. The predicted molar refractivity (Wildman–Crippen MR) is 74.5 cm³/mol. The van der Waals surface area contributed by atoms with Crippen molar-refractivity contribution in [2.24, 2.45) is 11.7 Å². The van der Waals surface area contributed by atoms with Gasteiger partial charge in [-0.05, 0) is 31.7 Å². The van der Waals surface area contributed by atoms with Gasteiger partial charge in [0, 0.05) is 18.8 Å². The normalized spacial score (nSPS) is 18.2. The first-order valence-corrected chi connectivity index (χ1v) is 7.19. The smallest absolute Gasteiger partial charge is 0.239 e. The van der Waals surface area contributed by atoms with Crippen molar-refractivity contribution < 1.29 is 4.79 Å². The number of primary amides is 1. The Morgan fingerprint density at radius 1 is 1.58 bits per heavy atom. The summed E-state index contributed by atoms with van der Waals surface area (Å²) >= 11 is 0. The number of amides is 1. The molecular weight excluding hydrogens is 240 g/mol. The third kappa shape index (κ3) is 2.81. The number of carbonyl (C=O) groups is 1. The molecule has 0 radical (unpaired) electrons. The van der Waals surface area contributed by atoms with Crippen molar-refractivity contribution in [2.45, 2.75) is 51.6 Å². The van der Waals surface area contributed by atoms with Gasteiger partial charge >= 0.3 is 0 Å². The summed E-state index contributed by atoms with van der Waals surface area (Å²) in [4.78, 5) is 16.4. The fourth-order valence-corrected chi connectivity index (χ4v) is 2.69. The lowest BCUT2D eigenvalue weighted by atomic mass is 9.91. The molecule has 0 saturated heterocycles. The highest BCUT2D eigenvalue weighted by Gasteiger charge is 2.49. The molecule has 1 aromatic rings. The second-order valence-electron chi connectivity index (χ2n) is 5.36. The minimum absolute atomic E-state index is 0.237. The molecule has 1 atom stereocenters. The van der Waals surface area contributed by atoms with Crippen LogP contribution in [0.2, 0.25) is 0 Å². The molecule has 0 aromatic carbocycles. The van der Waals surface area contributed by atoms with Crippen molar-refractivity contribution in [1.29, 1.82) is 0 Å². The molecule has 1 saturated carbocycles. The lowest BCUT2D eigenvalue weighted by molar-refractivity contribution is -0.126. The van der Waals surface area contributed by atoms with Gasteiger partial charge in [0.15, 0.2) is 0 Å². The molecule has 19 heavy (non-hydrogen) atoms. The summed E-state index contributed by atoms with van der Waals surface area (Å²) in [6.07, 6.45) is 7.74. The molecule has 1 aromatic heterocycles. The van der Waals surface area contributed by atoms with Crippen LogP contribution in [0.3, 0.4) is 0 Å². The zero-order valence-electron chi connectivity index (χ0n) is 11.9. The van der Waals surface area contributed by atoms with E-state index < -0.39 is 5.54 Å². The average molecular weight is 264 g/mol. The standard InChI is InChI=1S/C14H24N4O/c1-3-7-17-14(13(15)19,11-5-6-11)10-18-9-8-16-12(18)4-2/h8-9,11,17H,3-7,10H2,1-2H3,(H2,15,19). The van der Waals surface area contributed by atoms with E-state index in [0.29, 0.717) is 12.5 Å². The van der Waals surface area contributed by atoms with E-state index in [0.717, 1.165) is 38.1 Å². The van der Waals surface area contributed by atoms with Gasteiger partial charge in [-0.25, -0.2) is 4.98 Å². The first-order chi connectivity index (χ1) is 9.14. The molecule has 5 nitrogen and oxygen atoms in total. The lowest BCUT2D eigenvalue weighted by Crippen LogP contribution is -2.60. The number of nitrogens with zero attached hydrogens (tertiary/aromatic N) is 2. The highest BCUT2D eigenvalue weighted by atomic mass is 16.1. The Bertz CT molecular complexity index is 438. The summed E-state index contributed by atoms with van der Waals surface area (Å²) in [6.45, 7) is 5.58. The number of hydrogen-bond donors (Lipinski definition) is 2. The van der Waals surface area contributed by atoms with Crippen LogP contribution in [0, 0.1) is 5.92 Å². The minimum Gasteiger partial charge on any atom is -0.368 e. The fourth-order valence-electron chi connectivity index (χ4n) is 2.69. The van der Waals surface area contributed by atoms with Crippen LogP contribution in [-0.2, 0) is 17.8 Å². The molecule has 0 bridgehead atoms. The second-order valence-corrected chi connectivity index (χ2v) is 5.36. The molecule has 1 aliphatic rings. The average Bonchev–Trinajstić information content (AvgIpc) is 3.15. The van der Waals surface area contributed by atoms with Gasteiger partial charge in [-0.2, -0.15) is 0 Å². The Morgan fingerprint density at radius 2 is 2.32 bits per heavy atom. The molecule has 106 valence electrons. The zero-order valence-corrected chi connectivity index (χ0v) is 11.9. The number of nitrogens with one attached hydrogen (secondary N) is 1. The monoisotopic (exact) mass is 264 g/mol. The molecule has 2 rings (SSSR count). The van der Waals surface area contributed by atoms with Gasteiger partial charge < -0.3 is 15.6 Å². The molecular formula is C14H24N4O. The third-order valence-corrected chi connectivity index (χ3v) is 3.94. The number of aryl methyl sites for hydroxylation is 1. The predicted octanol–water partition coefficient (Wildman–Crippen LogP) is 1.08. The van der Waals surface area contributed by atoms with Crippen LogP contribution in [0.15, 0.2) is 12.4 Å². The van der Waals surface area contributed by atoms with Gasteiger partial charge in [-0.1, -0.05) is 13.8 Å². The molecule has 1 unspecified atom stereocenters. The maximum absolute atomic E-state index is 12.1. The van der Waals surface area contributed by atoms with E-state index in [1.807, 2.05) is 6.20 Å². The van der Waals surface area contributed by atoms with Crippen LogP contribution in [-0.4, -0.2) is 27.5 Å². The number of nitrogens with two attached hydrogens (primary N) is 1. The number of imidazole rings is 1. The molecule has 3 N–H and O–H groups in total. The summed E-state index contributed by atoms with van der Waals surface area (Å²) in [5, 5.41) is 3.41. The maximum atomic E-state index is 12.1. The zero-order chi connectivity index (χ0) is 13.9. The Morgan fingerprint density at radius 3 is 2.84 bits per heavy atom. The van der Waals surface area contributed by atoms with E-state index in [1.165, 1.54) is 0 Å². The summed E-state index contributed by atoms with van der Waals surface area (Å²) in [5.74, 6) is 1.13. The van der Waals surface area contributed by atoms with E-state index in [9.17, 15) is 4.79 Å². The van der Waals surface area contributed by atoms with Crippen LogP contribution < -0.4 is 11.1 Å². The van der Waals surface area contributed by atoms with Gasteiger partial charge in [-0.3, -0.25) is 4.79 Å². The van der Waals surface area contributed by atoms with Gasteiger partial charge in [0.1, 0.15) is 11.4 Å². The van der Waals surface area contributed by atoms with E-state index in [4.69, 9.17) is 5.73 Å². The summed E-state index contributed by atoms with van der Waals surface area (Å²) < 4.78 is 2.06. The van der Waals surface area contributed by atoms with Crippen molar-refractivity contribution in [1.82, 2.24) is 14.9 Å². The molecule has 1 fully saturated rings. The van der Waals surface area contributed by atoms with Gasteiger partial charge in [0.25, 0.3) is 0 Å². The Kier molecular flexibility index (Phi) is 4.24. The Labute approximate surface area is 114 Å². The van der Waals surface area contributed by atoms with E-state index in [-0.39, 0.29) is 5.91 Å². The summed E-state index contributed by atoms with van der Waals surface area (Å²) in [7, 11) is 0. The molecule has 0 spiro atoms. The lowest BCUT2D eigenvalue weighted by Gasteiger charge is -2.33. The third-order valence-electron chi connectivity index (χ3n) is 3.94. The van der Waals surface area contributed by atoms with E-state index in [2.05, 4.69) is 28.7 Å². The van der Waals surface area contributed by atoms with Gasteiger partial charge in [-0.15, -0.1) is 0 Å². The molecule has 5 heteroatoms. The van der Waals surface area contributed by atoms with Crippen LogP contribution in [0.25, 0.3) is 0 Å². The number of carbonyl (C=O) groups excluding carboxylic acids is 1. The topological polar surface area (TPSA) is 72.9 Å². The summed E-state index contributed by atoms with van der Waals surface area (Å²) in [6, 6.07) is 0. The second kappa shape index (κ2) is 5.74. The first kappa shape index (κ1) is 14.1. The number of hydrogen-bond acceptors (Lipinski definition) is 3. The largest absolute Gasteiger partial charge is 0.368 e. The first-order valence-electron chi connectivity index (χ1n) is 7.19. The minimum atomic E-state index is -0.610. The van der Waals surface area contributed by atoms with Crippen LogP contribution in [0.5, 0.6) is 0 Å². The van der Waals surface area contributed by atoms with Crippen molar-refractivity contribution in [2.75, 3.05) is 6.54 Å². The highest BCUT2D eigenvalue weighted by Crippen LogP contribution is 2.40. The van der Waals surface area contributed by atoms with Gasteiger partial charge in [0.2, 0.25) is 5.91 Å². The summed E-state index contributed by atoms with van der Waals surface area (Å²) in [5.41, 5.74) is 5.12. The maximum Gasteiger partial charge on any atom is 0.239 e. The number of rotatable bonds is 8.